The first kappa shape index (κ1) is 21.8. The molecule has 5 rings (SSSR count). The van der Waals surface area contributed by atoms with Gasteiger partial charge >= 0.3 is 6.03 Å². The molecule has 9 heteroatoms. The van der Waals surface area contributed by atoms with E-state index >= 15 is 0 Å². The number of urea groups is 1. The predicted molar refractivity (Wildman–Crippen MR) is 127 cm³/mol. The van der Waals surface area contributed by atoms with E-state index in [0.29, 0.717) is 38.6 Å². The van der Waals surface area contributed by atoms with Crippen molar-refractivity contribution in [3.8, 4) is 5.88 Å². The summed E-state index contributed by atoms with van der Waals surface area (Å²) in [4.78, 5) is 29.9. The van der Waals surface area contributed by atoms with Gasteiger partial charge in [0.15, 0.2) is 0 Å². The second-order valence-corrected chi connectivity index (χ2v) is 8.25. The van der Waals surface area contributed by atoms with Gasteiger partial charge < -0.3 is 19.9 Å². The third kappa shape index (κ3) is 4.54. The Kier molecular flexibility index (Phi) is 6.07. The minimum Gasteiger partial charge on any atom is -0.481 e. The summed E-state index contributed by atoms with van der Waals surface area (Å²) in [5.74, 6) is 1.19. The molecule has 2 amide bonds. The molecule has 34 heavy (non-hydrogen) atoms. The first-order valence-electron chi connectivity index (χ1n) is 11.2. The number of halogens is 1. The summed E-state index contributed by atoms with van der Waals surface area (Å²) >= 11 is 0. The molecule has 1 aromatic carbocycles. The lowest BCUT2D eigenvalue weighted by Crippen LogP contribution is -2.52. The topological polar surface area (TPSA) is 83.5 Å². The van der Waals surface area contributed by atoms with E-state index < -0.39 is 0 Å². The Morgan fingerprint density at radius 3 is 2.65 bits per heavy atom. The van der Waals surface area contributed by atoms with Crippen LogP contribution in [0.2, 0.25) is 0 Å². The molecule has 1 aliphatic heterocycles. The lowest BCUT2D eigenvalue weighted by Gasteiger charge is -2.36. The van der Waals surface area contributed by atoms with Crippen LogP contribution >= 0.6 is 0 Å². The molecule has 3 aromatic rings. The highest BCUT2D eigenvalue weighted by molar-refractivity contribution is 5.91. The fourth-order valence-electron chi connectivity index (χ4n) is 4.29. The van der Waals surface area contributed by atoms with Gasteiger partial charge in [-0.05, 0) is 41.0 Å². The number of amides is 2. The van der Waals surface area contributed by atoms with Crippen LogP contribution in [0, 0.1) is 5.82 Å². The van der Waals surface area contributed by atoms with Crippen LogP contribution in [-0.2, 0) is 13.0 Å². The molecule has 1 N–H and O–H groups in total. The highest BCUT2D eigenvalue weighted by atomic mass is 19.1. The Morgan fingerprint density at radius 2 is 1.88 bits per heavy atom. The molecule has 174 valence electrons. The lowest BCUT2D eigenvalue weighted by molar-refractivity contribution is 0.194. The molecule has 0 spiro atoms. The van der Waals surface area contributed by atoms with Gasteiger partial charge in [0.05, 0.1) is 12.8 Å². The Hall–Kier alpha value is -4.01. The van der Waals surface area contributed by atoms with Crippen LogP contribution in [0.5, 0.6) is 5.88 Å². The zero-order valence-electron chi connectivity index (χ0n) is 18.9. The molecule has 3 heterocycles. The Morgan fingerprint density at radius 1 is 1.09 bits per heavy atom. The van der Waals surface area contributed by atoms with E-state index in [1.807, 2.05) is 12.1 Å². The number of carbonyl (C=O) groups excluding carboxylic acids is 1. The predicted octanol–water partition coefficient (Wildman–Crippen LogP) is 3.15. The van der Waals surface area contributed by atoms with Crippen molar-refractivity contribution in [2.24, 2.45) is 0 Å². The highest BCUT2D eigenvalue weighted by Crippen LogP contribution is 2.35. The number of carbonyl (C=O) groups is 1. The number of benzene rings is 1. The number of anilines is 1. The van der Waals surface area contributed by atoms with Crippen molar-refractivity contribution in [3.05, 3.63) is 77.1 Å². The number of ether oxygens (including phenoxy) is 1. The lowest BCUT2D eigenvalue weighted by atomic mass is 10.1. The fraction of sp³-hybridized carbons (Fsp3) is 0.280. The summed E-state index contributed by atoms with van der Waals surface area (Å²) in [7, 11) is 1.61. The SMILES string of the molecule is COc1cc(C2=Cc3c(ncnc3N3CCN(C(=O)NCc4ccc(F)cc4)CC3)C2)ccn1. The summed E-state index contributed by atoms with van der Waals surface area (Å²) in [5, 5.41) is 2.91. The van der Waals surface area contributed by atoms with Crippen molar-refractivity contribution in [2.75, 3.05) is 38.2 Å². The van der Waals surface area contributed by atoms with Crippen molar-refractivity contribution < 1.29 is 13.9 Å². The van der Waals surface area contributed by atoms with E-state index in [2.05, 4.69) is 31.2 Å². The number of hydrogen-bond donors (Lipinski definition) is 1. The van der Waals surface area contributed by atoms with Crippen molar-refractivity contribution in [1.82, 2.24) is 25.2 Å². The number of nitrogens with zero attached hydrogens (tertiary/aromatic N) is 5. The first-order chi connectivity index (χ1) is 16.6. The summed E-state index contributed by atoms with van der Waals surface area (Å²) < 4.78 is 18.3. The second kappa shape index (κ2) is 9.46. The molecule has 8 nitrogen and oxygen atoms in total. The number of fused-ring (bicyclic) bond motifs is 1. The van der Waals surface area contributed by atoms with Gasteiger partial charge in [-0.1, -0.05) is 12.1 Å². The summed E-state index contributed by atoms with van der Waals surface area (Å²) in [6.07, 6.45) is 6.22. The molecule has 2 aromatic heterocycles. The first-order valence-corrected chi connectivity index (χ1v) is 11.2. The Balaban J connectivity index is 1.23. The molecule has 0 bridgehead atoms. The maximum Gasteiger partial charge on any atom is 0.317 e. The molecular formula is C25H25FN6O2. The van der Waals surface area contributed by atoms with Gasteiger partial charge in [0.25, 0.3) is 0 Å². The number of methoxy groups -OCH3 is 1. The van der Waals surface area contributed by atoms with Gasteiger partial charge in [0.2, 0.25) is 5.88 Å². The molecular weight excluding hydrogens is 435 g/mol. The third-order valence-corrected chi connectivity index (χ3v) is 6.16. The van der Waals surface area contributed by atoms with Gasteiger partial charge in [-0.25, -0.2) is 24.1 Å². The van der Waals surface area contributed by atoms with Crippen LogP contribution in [-0.4, -0.2) is 59.2 Å². The molecule has 1 aliphatic carbocycles. The smallest absolute Gasteiger partial charge is 0.317 e. The van der Waals surface area contributed by atoms with Crippen molar-refractivity contribution >= 4 is 23.5 Å². The van der Waals surface area contributed by atoms with Gasteiger partial charge in [0.1, 0.15) is 18.0 Å². The number of hydrogen-bond acceptors (Lipinski definition) is 6. The maximum absolute atomic E-state index is 13.1. The molecule has 1 saturated heterocycles. The van der Waals surface area contributed by atoms with Crippen LogP contribution in [0.25, 0.3) is 11.6 Å². The molecule has 0 radical (unpaired) electrons. The van der Waals surface area contributed by atoms with Crippen LogP contribution in [0.3, 0.4) is 0 Å². The van der Waals surface area contributed by atoms with E-state index in [0.717, 1.165) is 40.2 Å². The van der Waals surface area contributed by atoms with Crippen LogP contribution in [0.1, 0.15) is 22.4 Å². The standard InChI is InChI=1S/C25H25FN6O2/c1-34-23-14-18(6-7-27-23)19-12-21-22(13-19)29-16-30-24(21)31-8-10-32(11-9-31)25(33)28-15-17-2-4-20(26)5-3-17/h2-7,12,14,16H,8-11,13,15H2,1H3,(H,28,33). The van der Waals surface area contributed by atoms with E-state index in [4.69, 9.17) is 4.74 Å². The number of aromatic nitrogens is 3. The van der Waals surface area contributed by atoms with Gasteiger partial charge in [-0.15, -0.1) is 0 Å². The minimum absolute atomic E-state index is 0.120. The number of nitrogens with one attached hydrogen (secondary N) is 1. The number of allylic oxidation sites excluding steroid dienone is 1. The Bertz CT molecular complexity index is 1220. The zero-order chi connectivity index (χ0) is 23.5. The average molecular weight is 461 g/mol. The summed E-state index contributed by atoms with van der Waals surface area (Å²) in [5.41, 5.74) is 5.09. The van der Waals surface area contributed by atoms with Crippen molar-refractivity contribution in [1.29, 1.82) is 0 Å². The normalized spacial score (nSPS) is 15.1. The van der Waals surface area contributed by atoms with Crippen molar-refractivity contribution in [3.63, 3.8) is 0 Å². The average Bonchev–Trinajstić information content (AvgIpc) is 3.33. The van der Waals surface area contributed by atoms with E-state index in [1.165, 1.54) is 12.1 Å². The van der Waals surface area contributed by atoms with Gasteiger partial charge in [0, 0.05) is 57.0 Å². The monoisotopic (exact) mass is 460 g/mol. The molecule has 0 saturated carbocycles. The summed E-state index contributed by atoms with van der Waals surface area (Å²) in [6, 6.07) is 9.91. The van der Waals surface area contributed by atoms with E-state index in [-0.39, 0.29) is 11.8 Å². The van der Waals surface area contributed by atoms with E-state index in [1.54, 1.807) is 36.7 Å². The van der Waals surface area contributed by atoms with Gasteiger partial charge in [-0.3, -0.25) is 0 Å². The minimum atomic E-state index is -0.287. The molecule has 0 unspecified atom stereocenters. The number of rotatable bonds is 5. The molecule has 0 atom stereocenters. The number of piperazine rings is 1. The fourth-order valence-corrected chi connectivity index (χ4v) is 4.29. The molecule has 1 fully saturated rings. The summed E-state index contributed by atoms with van der Waals surface area (Å²) in [6.45, 7) is 2.91. The molecule has 2 aliphatic rings. The van der Waals surface area contributed by atoms with Crippen LogP contribution < -0.4 is 15.0 Å². The second-order valence-electron chi connectivity index (χ2n) is 8.25. The zero-order valence-corrected chi connectivity index (χ0v) is 18.9. The van der Waals surface area contributed by atoms with Crippen molar-refractivity contribution in [2.45, 2.75) is 13.0 Å². The third-order valence-electron chi connectivity index (χ3n) is 6.16. The van der Waals surface area contributed by atoms with E-state index in [9.17, 15) is 9.18 Å². The number of pyridine rings is 1. The van der Waals surface area contributed by atoms with Crippen LogP contribution in [0.4, 0.5) is 15.0 Å². The quantitative estimate of drug-likeness (QED) is 0.630. The van der Waals surface area contributed by atoms with Gasteiger partial charge in [-0.2, -0.15) is 0 Å². The largest absolute Gasteiger partial charge is 0.481 e. The Labute approximate surface area is 197 Å². The maximum atomic E-state index is 13.1. The van der Waals surface area contributed by atoms with Crippen LogP contribution in [0.15, 0.2) is 48.9 Å². The highest BCUT2D eigenvalue weighted by Gasteiger charge is 2.26.